The molecule has 0 atom stereocenters. The zero-order valence-electron chi connectivity index (χ0n) is 16.3. The Morgan fingerprint density at radius 3 is 2.39 bits per heavy atom. The molecule has 4 rings (SSSR count). The van der Waals surface area contributed by atoms with Gasteiger partial charge in [0.25, 0.3) is 11.8 Å². The fraction of sp³-hybridized carbons (Fsp3) is 0.455. The zero-order chi connectivity index (χ0) is 19.5. The van der Waals surface area contributed by atoms with Gasteiger partial charge in [-0.05, 0) is 42.3 Å². The van der Waals surface area contributed by atoms with Crippen LogP contribution in [0.15, 0.2) is 36.4 Å². The third-order valence-corrected chi connectivity index (χ3v) is 5.49. The summed E-state index contributed by atoms with van der Waals surface area (Å²) in [6.07, 6.45) is 2.07. The first kappa shape index (κ1) is 18.7. The topological polar surface area (TPSA) is 61.9 Å². The van der Waals surface area contributed by atoms with Crippen molar-refractivity contribution in [3.63, 3.8) is 0 Å². The lowest BCUT2D eigenvalue weighted by Gasteiger charge is -2.34. The summed E-state index contributed by atoms with van der Waals surface area (Å²) >= 11 is 0. The molecule has 0 bridgehead atoms. The number of likely N-dealkylation sites (N-methyl/N-ethyl adjacent to an activating group) is 1. The maximum atomic E-state index is 13.2. The van der Waals surface area contributed by atoms with Crippen molar-refractivity contribution in [2.75, 3.05) is 39.3 Å². The number of carbonyl (C=O) groups excluding carboxylic acids is 2. The van der Waals surface area contributed by atoms with E-state index in [-0.39, 0.29) is 18.4 Å². The fourth-order valence-corrected chi connectivity index (χ4v) is 3.58. The van der Waals surface area contributed by atoms with E-state index in [1.807, 2.05) is 41.3 Å². The van der Waals surface area contributed by atoms with Crippen molar-refractivity contribution in [2.24, 2.45) is 0 Å². The van der Waals surface area contributed by atoms with Crippen molar-refractivity contribution in [3.8, 4) is 5.75 Å². The first-order valence-corrected chi connectivity index (χ1v) is 10.1. The van der Waals surface area contributed by atoms with Crippen LogP contribution < -0.4 is 10.1 Å². The minimum Gasteiger partial charge on any atom is -0.483 e. The molecule has 1 heterocycles. The van der Waals surface area contributed by atoms with Gasteiger partial charge in [0.1, 0.15) is 5.75 Å². The summed E-state index contributed by atoms with van der Waals surface area (Å²) in [5.41, 5.74) is 0.530. The van der Waals surface area contributed by atoms with Crippen molar-refractivity contribution >= 4 is 22.6 Å². The summed E-state index contributed by atoms with van der Waals surface area (Å²) in [6, 6.07) is 11.9. The predicted molar refractivity (Wildman–Crippen MR) is 109 cm³/mol. The zero-order valence-corrected chi connectivity index (χ0v) is 16.3. The van der Waals surface area contributed by atoms with Gasteiger partial charge >= 0.3 is 0 Å². The van der Waals surface area contributed by atoms with E-state index in [1.54, 1.807) is 0 Å². The molecule has 28 heavy (non-hydrogen) atoms. The van der Waals surface area contributed by atoms with E-state index < -0.39 is 0 Å². The number of piperazine rings is 1. The van der Waals surface area contributed by atoms with Gasteiger partial charge in [0.15, 0.2) is 6.61 Å². The predicted octanol–water partition coefficient (Wildman–Crippen LogP) is 2.27. The Kier molecular flexibility index (Phi) is 5.48. The number of rotatable bonds is 6. The Balaban J connectivity index is 1.55. The molecule has 2 fully saturated rings. The van der Waals surface area contributed by atoms with Gasteiger partial charge < -0.3 is 19.9 Å². The summed E-state index contributed by atoms with van der Waals surface area (Å²) in [5, 5.41) is 4.91. The van der Waals surface area contributed by atoms with E-state index in [2.05, 4.69) is 17.1 Å². The average molecular weight is 381 g/mol. The highest BCUT2D eigenvalue weighted by Gasteiger charge is 2.26. The van der Waals surface area contributed by atoms with Crippen LogP contribution in [0.5, 0.6) is 5.75 Å². The van der Waals surface area contributed by atoms with Crippen molar-refractivity contribution in [3.05, 3.63) is 42.0 Å². The minimum atomic E-state index is -0.134. The molecule has 0 unspecified atom stereocenters. The van der Waals surface area contributed by atoms with Crippen LogP contribution in [-0.2, 0) is 4.79 Å². The first-order chi connectivity index (χ1) is 13.6. The second-order valence-corrected chi connectivity index (χ2v) is 7.55. The van der Waals surface area contributed by atoms with Crippen LogP contribution in [0.2, 0.25) is 0 Å². The second-order valence-electron chi connectivity index (χ2n) is 7.55. The number of ether oxygens (including phenoxy) is 1. The number of hydrogen-bond acceptors (Lipinski definition) is 4. The summed E-state index contributed by atoms with van der Waals surface area (Å²) in [6.45, 7) is 6.26. The second kappa shape index (κ2) is 8.19. The summed E-state index contributed by atoms with van der Waals surface area (Å²) in [4.78, 5) is 29.5. The van der Waals surface area contributed by atoms with Gasteiger partial charge in [-0.2, -0.15) is 0 Å². The SMILES string of the molecule is CCN1CCN(C(=O)c2cc3ccccc3cc2OCC(=O)NC2CC2)CC1. The standard InChI is InChI=1S/C22H27N3O3/c1-2-24-9-11-25(12-10-24)22(27)19-13-16-5-3-4-6-17(16)14-20(19)28-15-21(26)23-18-7-8-18/h3-6,13-14,18H,2,7-12,15H2,1H3,(H,23,26). The Morgan fingerprint density at radius 2 is 1.75 bits per heavy atom. The van der Waals surface area contributed by atoms with Gasteiger partial charge in [-0.15, -0.1) is 0 Å². The molecule has 1 aliphatic heterocycles. The molecule has 0 radical (unpaired) electrons. The molecule has 148 valence electrons. The highest BCUT2D eigenvalue weighted by molar-refractivity contribution is 6.01. The third-order valence-electron chi connectivity index (χ3n) is 5.49. The van der Waals surface area contributed by atoms with Gasteiger partial charge in [0.05, 0.1) is 5.56 Å². The summed E-state index contributed by atoms with van der Waals surface area (Å²) in [7, 11) is 0. The van der Waals surface area contributed by atoms with E-state index >= 15 is 0 Å². The van der Waals surface area contributed by atoms with Crippen LogP contribution in [0.3, 0.4) is 0 Å². The molecule has 1 aliphatic carbocycles. The molecule has 1 N–H and O–H groups in total. The van der Waals surface area contributed by atoms with Crippen LogP contribution >= 0.6 is 0 Å². The molecule has 2 amide bonds. The fourth-order valence-electron chi connectivity index (χ4n) is 3.58. The summed E-state index contributed by atoms with van der Waals surface area (Å²) in [5.74, 6) is 0.317. The number of hydrogen-bond donors (Lipinski definition) is 1. The average Bonchev–Trinajstić information content (AvgIpc) is 3.55. The minimum absolute atomic E-state index is 0.0286. The Morgan fingerprint density at radius 1 is 1.07 bits per heavy atom. The third kappa shape index (κ3) is 4.28. The normalized spacial score (nSPS) is 17.5. The molecule has 1 saturated heterocycles. The van der Waals surface area contributed by atoms with Crippen LogP contribution in [-0.4, -0.2) is 67.0 Å². The lowest BCUT2D eigenvalue weighted by molar-refractivity contribution is -0.123. The van der Waals surface area contributed by atoms with Crippen molar-refractivity contribution in [1.82, 2.24) is 15.1 Å². The van der Waals surface area contributed by atoms with Crippen LogP contribution in [0.1, 0.15) is 30.1 Å². The van der Waals surface area contributed by atoms with Gasteiger partial charge in [-0.25, -0.2) is 0 Å². The monoisotopic (exact) mass is 381 g/mol. The number of fused-ring (bicyclic) bond motifs is 1. The van der Waals surface area contributed by atoms with Gasteiger partial charge in [0, 0.05) is 32.2 Å². The molecule has 2 aliphatic rings. The number of nitrogens with zero attached hydrogens (tertiary/aromatic N) is 2. The van der Waals surface area contributed by atoms with Crippen molar-refractivity contribution in [1.29, 1.82) is 0 Å². The number of amides is 2. The van der Waals surface area contributed by atoms with Crippen LogP contribution in [0, 0.1) is 0 Å². The van der Waals surface area contributed by atoms with E-state index in [0.29, 0.717) is 30.4 Å². The molecule has 6 heteroatoms. The first-order valence-electron chi connectivity index (χ1n) is 10.1. The lowest BCUT2D eigenvalue weighted by Crippen LogP contribution is -2.48. The highest BCUT2D eigenvalue weighted by atomic mass is 16.5. The maximum Gasteiger partial charge on any atom is 0.258 e. The molecule has 1 saturated carbocycles. The molecule has 2 aromatic rings. The van der Waals surface area contributed by atoms with Crippen molar-refractivity contribution in [2.45, 2.75) is 25.8 Å². The van der Waals surface area contributed by atoms with E-state index in [4.69, 9.17) is 4.74 Å². The van der Waals surface area contributed by atoms with E-state index in [1.165, 1.54) is 0 Å². The maximum absolute atomic E-state index is 13.2. The number of benzene rings is 2. The molecule has 2 aromatic carbocycles. The van der Waals surface area contributed by atoms with Gasteiger partial charge in [-0.1, -0.05) is 31.2 Å². The largest absolute Gasteiger partial charge is 0.483 e. The smallest absolute Gasteiger partial charge is 0.258 e. The van der Waals surface area contributed by atoms with Gasteiger partial charge in [-0.3, -0.25) is 9.59 Å². The van der Waals surface area contributed by atoms with Gasteiger partial charge in [0.2, 0.25) is 0 Å². The Hall–Kier alpha value is -2.60. The molecule has 0 aromatic heterocycles. The van der Waals surface area contributed by atoms with Crippen molar-refractivity contribution < 1.29 is 14.3 Å². The molecule has 6 nitrogen and oxygen atoms in total. The highest BCUT2D eigenvalue weighted by Crippen LogP contribution is 2.28. The molecular weight excluding hydrogens is 354 g/mol. The van der Waals surface area contributed by atoms with E-state index in [0.717, 1.165) is 43.2 Å². The van der Waals surface area contributed by atoms with Crippen LogP contribution in [0.25, 0.3) is 10.8 Å². The number of carbonyl (C=O) groups is 2. The molecular formula is C22H27N3O3. The Bertz CT molecular complexity index is 870. The Labute approximate surface area is 165 Å². The van der Waals surface area contributed by atoms with E-state index in [9.17, 15) is 9.59 Å². The molecule has 0 spiro atoms. The summed E-state index contributed by atoms with van der Waals surface area (Å²) < 4.78 is 5.82. The lowest BCUT2D eigenvalue weighted by atomic mass is 10.0. The quantitative estimate of drug-likeness (QED) is 0.834. The van der Waals surface area contributed by atoms with Crippen LogP contribution in [0.4, 0.5) is 0 Å². The number of nitrogens with one attached hydrogen (secondary N) is 1.